The van der Waals surface area contributed by atoms with Crippen molar-refractivity contribution < 1.29 is 19.1 Å². The van der Waals surface area contributed by atoms with Crippen molar-refractivity contribution in [2.24, 2.45) is 23.3 Å². The van der Waals surface area contributed by atoms with Crippen LogP contribution in [0.1, 0.15) is 39.5 Å². The number of hydrogen-bond acceptors (Lipinski definition) is 8. The molecule has 0 saturated carbocycles. The zero-order chi connectivity index (χ0) is 19.2. The number of nitrogens with one attached hydrogen (secondary N) is 2. The first kappa shape index (κ1) is 22.6. The van der Waals surface area contributed by atoms with Gasteiger partial charge < -0.3 is 31.6 Å². The van der Waals surface area contributed by atoms with Crippen LogP contribution in [0.2, 0.25) is 0 Å². The monoisotopic (exact) mass is 356 g/mol. The van der Waals surface area contributed by atoms with Crippen molar-refractivity contribution in [3.63, 3.8) is 0 Å². The highest BCUT2D eigenvalue weighted by molar-refractivity contribution is 5.73. The SMILES string of the molecule is C=C(N)NCCCC(C)C(=O)OCOC(=O)C(C)CCCNC(=C)N. The van der Waals surface area contributed by atoms with Crippen LogP contribution in [0.25, 0.3) is 0 Å². The molecule has 0 heterocycles. The van der Waals surface area contributed by atoms with E-state index < -0.39 is 11.9 Å². The molecule has 0 aliphatic carbocycles. The zero-order valence-electron chi connectivity index (χ0n) is 15.3. The van der Waals surface area contributed by atoms with Gasteiger partial charge in [0.1, 0.15) is 0 Å². The van der Waals surface area contributed by atoms with Gasteiger partial charge in [0.15, 0.2) is 0 Å². The van der Waals surface area contributed by atoms with E-state index in [1.54, 1.807) is 13.8 Å². The summed E-state index contributed by atoms with van der Waals surface area (Å²) < 4.78 is 9.95. The number of ether oxygens (including phenoxy) is 2. The van der Waals surface area contributed by atoms with Crippen molar-refractivity contribution in [2.75, 3.05) is 19.9 Å². The molecule has 8 heteroatoms. The Morgan fingerprint density at radius 1 is 0.880 bits per heavy atom. The molecule has 6 N–H and O–H groups in total. The summed E-state index contributed by atoms with van der Waals surface area (Å²) in [5, 5.41) is 5.77. The quantitative estimate of drug-likeness (QED) is 0.205. The van der Waals surface area contributed by atoms with Crippen molar-refractivity contribution in [1.82, 2.24) is 10.6 Å². The van der Waals surface area contributed by atoms with Crippen LogP contribution in [0.3, 0.4) is 0 Å². The third-order valence-electron chi connectivity index (χ3n) is 3.54. The molecule has 0 aromatic carbocycles. The Hall–Kier alpha value is -2.38. The average molecular weight is 356 g/mol. The second-order valence-corrected chi connectivity index (χ2v) is 6.04. The fourth-order valence-electron chi connectivity index (χ4n) is 1.98. The third kappa shape index (κ3) is 12.7. The maximum atomic E-state index is 11.8. The topological polar surface area (TPSA) is 129 Å². The van der Waals surface area contributed by atoms with E-state index in [1.165, 1.54) is 0 Å². The van der Waals surface area contributed by atoms with E-state index in [4.69, 9.17) is 20.9 Å². The Morgan fingerprint density at radius 3 is 1.56 bits per heavy atom. The van der Waals surface area contributed by atoms with E-state index in [2.05, 4.69) is 23.8 Å². The number of carbonyl (C=O) groups is 2. The molecular formula is C17H32N4O4. The first-order valence-corrected chi connectivity index (χ1v) is 8.43. The third-order valence-corrected chi connectivity index (χ3v) is 3.54. The molecule has 144 valence electrons. The Bertz CT molecular complexity index is 414. The average Bonchev–Trinajstić information content (AvgIpc) is 2.54. The first-order chi connectivity index (χ1) is 11.7. The van der Waals surface area contributed by atoms with Gasteiger partial charge >= 0.3 is 11.9 Å². The predicted octanol–water partition coefficient (Wildman–Crippen LogP) is 0.902. The van der Waals surface area contributed by atoms with E-state index >= 15 is 0 Å². The Balaban J connectivity index is 3.81. The van der Waals surface area contributed by atoms with Gasteiger partial charge in [-0.25, -0.2) is 0 Å². The van der Waals surface area contributed by atoms with E-state index in [1.807, 2.05) is 0 Å². The van der Waals surface area contributed by atoms with Gasteiger partial charge in [0.25, 0.3) is 0 Å². The van der Waals surface area contributed by atoms with Gasteiger partial charge in [-0.05, 0) is 25.7 Å². The molecule has 0 radical (unpaired) electrons. The fraction of sp³-hybridized carbons (Fsp3) is 0.647. The van der Waals surface area contributed by atoms with Gasteiger partial charge in [0.2, 0.25) is 6.79 Å². The molecule has 0 aliphatic rings. The highest BCUT2D eigenvalue weighted by Crippen LogP contribution is 2.10. The summed E-state index contributed by atoms with van der Waals surface area (Å²) in [5.41, 5.74) is 10.8. The van der Waals surface area contributed by atoms with Crippen molar-refractivity contribution in [3.05, 3.63) is 24.8 Å². The zero-order valence-corrected chi connectivity index (χ0v) is 15.3. The maximum Gasteiger partial charge on any atom is 0.311 e. The normalized spacial score (nSPS) is 12.6. The second-order valence-electron chi connectivity index (χ2n) is 6.04. The number of rotatable bonds is 14. The highest BCUT2D eigenvalue weighted by Gasteiger charge is 2.17. The van der Waals surface area contributed by atoms with Crippen LogP contribution in [0.15, 0.2) is 24.8 Å². The van der Waals surface area contributed by atoms with E-state index in [0.29, 0.717) is 37.6 Å². The van der Waals surface area contributed by atoms with Gasteiger partial charge in [0, 0.05) is 13.1 Å². The van der Waals surface area contributed by atoms with Crippen LogP contribution in [0.5, 0.6) is 0 Å². The van der Waals surface area contributed by atoms with Crippen LogP contribution in [0, 0.1) is 11.8 Å². The molecule has 0 spiro atoms. The summed E-state index contributed by atoms with van der Waals surface area (Å²) >= 11 is 0. The van der Waals surface area contributed by atoms with Crippen LogP contribution < -0.4 is 22.1 Å². The minimum absolute atomic E-state index is 0.278. The Kier molecular flexibility index (Phi) is 11.7. The number of hydrogen-bond donors (Lipinski definition) is 4. The molecule has 0 aromatic rings. The van der Waals surface area contributed by atoms with E-state index in [-0.39, 0.29) is 18.6 Å². The van der Waals surface area contributed by atoms with Crippen molar-refractivity contribution in [3.8, 4) is 0 Å². The van der Waals surface area contributed by atoms with Gasteiger partial charge in [-0.15, -0.1) is 0 Å². The fourth-order valence-corrected chi connectivity index (χ4v) is 1.98. The second kappa shape index (κ2) is 13.0. The molecule has 0 aliphatic heterocycles. The smallest absolute Gasteiger partial charge is 0.311 e. The number of carbonyl (C=O) groups excluding carboxylic acids is 2. The minimum atomic E-state index is -0.391. The van der Waals surface area contributed by atoms with Gasteiger partial charge in [-0.3, -0.25) is 9.59 Å². The molecule has 0 saturated heterocycles. The molecule has 0 aromatic heterocycles. The van der Waals surface area contributed by atoms with Gasteiger partial charge in [-0.2, -0.15) is 0 Å². The number of nitrogens with two attached hydrogens (primary N) is 2. The Labute approximate surface area is 150 Å². The van der Waals surface area contributed by atoms with Crippen LogP contribution in [-0.2, 0) is 19.1 Å². The standard InChI is InChI=1S/C17H32N4O4/c1-12(7-5-9-20-14(3)18)16(22)24-11-25-17(23)13(2)8-6-10-21-15(4)19/h12-13,20-21H,3-11,18-19H2,1-2H3. The van der Waals surface area contributed by atoms with Gasteiger partial charge in [0.05, 0.1) is 23.5 Å². The van der Waals surface area contributed by atoms with E-state index in [0.717, 1.165) is 12.8 Å². The molecule has 2 unspecified atom stereocenters. The van der Waals surface area contributed by atoms with Crippen molar-refractivity contribution in [1.29, 1.82) is 0 Å². The molecule has 8 nitrogen and oxygen atoms in total. The molecule has 2 atom stereocenters. The highest BCUT2D eigenvalue weighted by atomic mass is 16.7. The van der Waals surface area contributed by atoms with Crippen LogP contribution in [0.4, 0.5) is 0 Å². The summed E-state index contributed by atoms with van der Waals surface area (Å²) in [6.07, 6.45) is 2.80. The van der Waals surface area contributed by atoms with Crippen LogP contribution in [-0.4, -0.2) is 31.8 Å². The molecule has 0 amide bonds. The molecule has 25 heavy (non-hydrogen) atoms. The summed E-state index contributed by atoms with van der Waals surface area (Å²) in [4.78, 5) is 23.6. The molecule has 0 rings (SSSR count). The summed E-state index contributed by atoms with van der Waals surface area (Å²) in [6.45, 7) is 11.5. The minimum Gasteiger partial charge on any atom is -0.428 e. The molecular weight excluding hydrogens is 324 g/mol. The first-order valence-electron chi connectivity index (χ1n) is 8.43. The number of esters is 2. The predicted molar refractivity (Wildman–Crippen MR) is 96.5 cm³/mol. The van der Waals surface area contributed by atoms with Crippen molar-refractivity contribution >= 4 is 11.9 Å². The van der Waals surface area contributed by atoms with Crippen LogP contribution >= 0.6 is 0 Å². The van der Waals surface area contributed by atoms with E-state index in [9.17, 15) is 9.59 Å². The maximum absolute atomic E-state index is 11.8. The van der Waals surface area contributed by atoms with Crippen molar-refractivity contribution in [2.45, 2.75) is 39.5 Å². The largest absolute Gasteiger partial charge is 0.428 e. The lowest BCUT2D eigenvalue weighted by atomic mass is 10.1. The lowest BCUT2D eigenvalue weighted by molar-refractivity contribution is -0.172. The lowest BCUT2D eigenvalue weighted by Gasteiger charge is -2.14. The molecule has 0 bridgehead atoms. The van der Waals surface area contributed by atoms with Gasteiger partial charge in [-0.1, -0.05) is 27.0 Å². The summed E-state index contributed by atoms with van der Waals surface area (Å²) in [7, 11) is 0. The Morgan fingerprint density at radius 2 is 1.24 bits per heavy atom. The summed E-state index contributed by atoms with van der Waals surface area (Å²) in [6, 6.07) is 0. The molecule has 0 fully saturated rings. The lowest BCUT2D eigenvalue weighted by Crippen LogP contribution is -2.24. The summed E-state index contributed by atoms with van der Waals surface area (Å²) in [5.74, 6) is -0.533.